The second-order valence-electron chi connectivity index (χ2n) is 4.05. The molecule has 0 aromatic carbocycles. The van der Waals surface area contributed by atoms with Gasteiger partial charge in [-0.2, -0.15) is 13.2 Å². The van der Waals surface area contributed by atoms with Gasteiger partial charge in [0.15, 0.2) is 0 Å². The molecule has 0 aliphatic heterocycles. The Labute approximate surface area is 112 Å². The fraction of sp³-hybridized carbons (Fsp3) is 0.231. The zero-order valence-corrected chi connectivity index (χ0v) is 10.5. The number of hydrogen-bond donors (Lipinski definition) is 1. The molecule has 106 valence electrons. The van der Waals surface area contributed by atoms with E-state index in [4.69, 9.17) is 0 Å². The van der Waals surface area contributed by atoms with Gasteiger partial charge in [0.2, 0.25) is 0 Å². The molecule has 2 aromatic heterocycles. The first kappa shape index (κ1) is 14.2. The molecular weight excluding hydrogens is 274 g/mol. The average molecular weight is 285 g/mol. The van der Waals surface area contributed by atoms with Crippen LogP contribution in [0.1, 0.15) is 12.5 Å². The van der Waals surface area contributed by atoms with Crippen molar-refractivity contribution in [1.82, 2.24) is 9.97 Å². The lowest BCUT2D eigenvalue weighted by Gasteiger charge is -2.12. The summed E-state index contributed by atoms with van der Waals surface area (Å²) < 4.78 is 51.6. The number of hydrogen-bond acceptors (Lipinski definition) is 3. The van der Waals surface area contributed by atoms with E-state index in [1.807, 2.05) is 0 Å². The predicted octanol–water partition coefficient (Wildman–Crippen LogP) is 3.73. The molecule has 20 heavy (non-hydrogen) atoms. The van der Waals surface area contributed by atoms with Crippen molar-refractivity contribution < 1.29 is 17.6 Å². The Morgan fingerprint density at radius 1 is 1.15 bits per heavy atom. The lowest BCUT2D eigenvalue weighted by molar-refractivity contribution is -0.137. The topological polar surface area (TPSA) is 37.8 Å². The van der Waals surface area contributed by atoms with Crippen LogP contribution in [-0.2, 0) is 6.18 Å². The summed E-state index contributed by atoms with van der Waals surface area (Å²) in [6.45, 7) is 2.17. The quantitative estimate of drug-likeness (QED) is 0.873. The van der Waals surface area contributed by atoms with Gasteiger partial charge in [0.05, 0.1) is 17.5 Å². The summed E-state index contributed by atoms with van der Waals surface area (Å²) in [7, 11) is 0. The van der Waals surface area contributed by atoms with Crippen molar-refractivity contribution in [2.24, 2.45) is 0 Å². The summed E-state index contributed by atoms with van der Waals surface area (Å²) >= 11 is 0. The number of halogens is 4. The number of nitrogens with one attached hydrogen (secondary N) is 1. The third kappa shape index (κ3) is 3.23. The van der Waals surface area contributed by atoms with Gasteiger partial charge in [-0.05, 0) is 25.1 Å². The highest BCUT2D eigenvalue weighted by molar-refractivity contribution is 5.62. The average Bonchev–Trinajstić information content (AvgIpc) is 2.38. The number of aromatic nitrogens is 2. The standard InChI is InChI=1S/C13H11F4N3/c1-2-19-12-5-9(13(15,16)17)4-11(20-12)8-3-10(14)7-18-6-8/h3-7H,2H2,1H3,(H,19,20). The first-order valence-electron chi connectivity index (χ1n) is 5.84. The molecule has 2 rings (SSSR count). The highest BCUT2D eigenvalue weighted by Gasteiger charge is 2.31. The molecule has 7 heteroatoms. The van der Waals surface area contributed by atoms with Crippen molar-refractivity contribution in [3.05, 3.63) is 42.0 Å². The molecule has 2 aromatic rings. The molecule has 0 saturated carbocycles. The molecular formula is C13H11F4N3. The van der Waals surface area contributed by atoms with Crippen LogP contribution in [0.2, 0.25) is 0 Å². The molecule has 0 atom stereocenters. The maximum atomic E-state index is 13.1. The fourth-order valence-corrected chi connectivity index (χ4v) is 1.67. The second-order valence-corrected chi connectivity index (χ2v) is 4.05. The van der Waals surface area contributed by atoms with Crippen molar-refractivity contribution in [2.75, 3.05) is 11.9 Å². The third-order valence-electron chi connectivity index (χ3n) is 2.51. The van der Waals surface area contributed by atoms with Gasteiger partial charge in [-0.1, -0.05) is 0 Å². The van der Waals surface area contributed by atoms with E-state index in [1.54, 1.807) is 6.92 Å². The van der Waals surface area contributed by atoms with E-state index in [1.165, 1.54) is 6.20 Å². The number of anilines is 1. The molecule has 0 amide bonds. The summed E-state index contributed by atoms with van der Waals surface area (Å²) in [5.74, 6) is -0.548. The van der Waals surface area contributed by atoms with E-state index >= 15 is 0 Å². The maximum absolute atomic E-state index is 13.1. The van der Waals surface area contributed by atoms with E-state index in [0.717, 1.165) is 24.4 Å². The zero-order chi connectivity index (χ0) is 14.8. The highest BCUT2D eigenvalue weighted by Crippen LogP contribution is 2.33. The molecule has 1 N–H and O–H groups in total. The first-order chi connectivity index (χ1) is 9.40. The van der Waals surface area contributed by atoms with E-state index in [0.29, 0.717) is 6.54 Å². The SMILES string of the molecule is CCNc1cc(C(F)(F)F)cc(-c2cncc(F)c2)n1. The fourth-order valence-electron chi connectivity index (χ4n) is 1.67. The van der Waals surface area contributed by atoms with Crippen molar-refractivity contribution in [3.63, 3.8) is 0 Å². The lowest BCUT2D eigenvalue weighted by atomic mass is 10.1. The van der Waals surface area contributed by atoms with E-state index in [-0.39, 0.29) is 17.1 Å². The summed E-state index contributed by atoms with van der Waals surface area (Å²) in [5.41, 5.74) is -0.638. The van der Waals surface area contributed by atoms with Gasteiger partial charge in [0, 0.05) is 18.3 Å². The second kappa shape index (κ2) is 5.44. The minimum Gasteiger partial charge on any atom is -0.370 e. The number of nitrogens with zero attached hydrogens (tertiary/aromatic N) is 2. The van der Waals surface area contributed by atoms with Gasteiger partial charge < -0.3 is 5.32 Å². The Balaban J connectivity index is 2.54. The molecule has 0 unspecified atom stereocenters. The van der Waals surface area contributed by atoms with Gasteiger partial charge in [-0.3, -0.25) is 4.98 Å². The monoisotopic (exact) mass is 285 g/mol. The summed E-state index contributed by atoms with van der Waals surface area (Å²) in [4.78, 5) is 7.64. The Hall–Kier alpha value is -2.18. The molecule has 0 bridgehead atoms. The Kier molecular flexibility index (Phi) is 3.87. The molecule has 0 radical (unpaired) electrons. The largest absolute Gasteiger partial charge is 0.416 e. The smallest absolute Gasteiger partial charge is 0.370 e. The molecule has 3 nitrogen and oxygen atoms in total. The Bertz CT molecular complexity index is 611. The van der Waals surface area contributed by atoms with Crippen LogP contribution in [-0.4, -0.2) is 16.5 Å². The van der Waals surface area contributed by atoms with Gasteiger partial charge in [0.25, 0.3) is 0 Å². The number of pyridine rings is 2. The normalized spacial score (nSPS) is 11.4. The van der Waals surface area contributed by atoms with Crippen molar-refractivity contribution >= 4 is 5.82 Å². The maximum Gasteiger partial charge on any atom is 0.416 e. The zero-order valence-electron chi connectivity index (χ0n) is 10.5. The van der Waals surface area contributed by atoms with Gasteiger partial charge >= 0.3 is 6.18 Å². The van der Waals surface area contributed by atoms with E-state index in [9.17, 15) is 17.6 Å². The van der Waals surface area contributed by atoms with Crippen LogP contribution in [0.3, 0.4) is 0 Å². The van der Waals surface area contributed by atoms with Crippen LogP contribution in [0, 0.1) is 5.82 Å². The van der Waals surface area contributed by atoms with Crippen LogP contribution < -0.4 is 5.32 Å². The predicted molar refractivity (Wildman–Crippen MR) is 66.6 cm³/mol. The molecule has 0 spiro atoms. The Morgan fingerprint density at radius 3 is 2.50 bits per heavy atom. The molecule has 0 fully saturated rings. The van der Waals surface area contributed by atoms with E-state index in [2.05, 4.69) is 15.3 Å². The summed E-state index contributed by atoms with van der Waals surface area (Å²) in [6, 6.07) is 2.88. The number of rotatable bonds is 3. The van der Waals surface area contributed by atoms with Gasteiger partial charge in [-0.15, -0.1) is 0 Å². The minimum atomic E-state index is -4.50. The van der Waals surface area contributed by atoms with Crippen LogP contribution >= 0.6 is 0 Å². The van der Waals surface area contributed by atoms with Crippen molar-refractivity contribution in [1.29, 1.82) is 0 Å². The Morgan fingerprint density at radius 2 is 1.90 bits per heavy atom. The summed E-state index contributed by atoms with van der Waals surface area (Å²) in [6.07, 6.45) is -2.26. The lowest BCUT2D eigenvalue weighted by Crippen LogP contribution is -2.08. The minimum absolute atomic E-state index is 0.0165. The molecule has 0 aliphatic carbocycles. The van der Waals surface area contributed by atoms with Crippen molar-refractivity contribution in [2.45, 2.75) is 13.1 Å². The van der Waals surface area contributed by atoms with Crippen molar-refractivity contribution in [3.8, 4) is 11.3 Å². The first-order valence-corrected chi connectivity index (χ1v) is 5.84. The van der Waals surface area contributed by atoms with Gasteiger partial charge in [-0.25, -0.2) is 9.37 Å². The van der Waals surface area contributed by atoms with Crippen LogP contribution in [0.4, 0.5) is 23.4 Å². The molecule has 0 aliphatic rings. The third-order valence-corrected chi connectivity index (χ3v) is 2.51. The summed E-state index contributed by atoms with van der Waals surface area (Å²) in [5, 5.41) is 2.72. The molecule has 0 saturated heterocycles. The van der Waals surface area contributed by atoms with Crippen LogP contribution in [0.25, 0.3) is 11.3 Å². The highest BCUT2D eigenvalue weighted by atomic mass is 19.4. The van der Waals surface area contributed by atoms with E-state index < -0.39 is 17.6 Å². The van der Waals surface area contributed by atoms with Crippen LogP contribution in [0.15, 0.2) is 30.6 Å². The van der Waals surface area contributed by atoms with Crippen LogP contribution in [0.5, 0.6) is 0 Å². The van der Waals surface area contributed by atoms with Gasteiger partial charge in [0.1, 0.15) is 11.6 Å². The number of alkyl halides is 3. The molecule has 2 heterocycles.